The average molecular weight is 485 g/mol. The second kappa shape index (κ2) is 9.28. The molecule has 0 heterocycles. The smallest absolute Gasteiger partial charge is 0.312 e. The van der Waals surface area contributed by atoms with Crippen molar-refractivity contribution in [1.82, 2.24) is 0 Å². The van der Waals surface area contributed by atoms with Gasteiger partial charge in [-0.3, -0.25) is 14.4 Å². The number of esters is 1. The third-order valence-electron chi connectivity index (χ3n) is 10.9. The quantitative estimate of drug-likeness (QED) is 0.400. The summed E-state index contributed by atoms with van der Waals surface area (Å²) >= 11 is 0. The molecule has 35 heavy (non-hydrogen) atoms. The Morgan fingerprint density at radius 1 is 1.17 bits per heavy atom. The summed E-state index contributed by atoms with van der Waals surface area (Å²) in [6.07, 6.45) is 5.71. The molecular weight excluding hydrogens is 440 g/mol. The lowest BCUT2D eigenvalue weighted by Crippen LogP contribution is -2.53. The number of methoxy groups -OCH3 is 1. The van der Waals surface area contributed by atoms with Gasteiger partial charge in [-0.1, -0.05) is 39.8 Å². The van der Waals surface area contributed by atoms with Gasteiger partial charge in [0.2, 0.25) is 0 Å². The summed E-state index contributed by atoms with van der Waals surface area (Å²) in [6, 6.07) is 0. The highest BCUT2D eigenvalue weighted by molar-refractivity contribution is 6.10. The Morgan fingerprint density at radius 2 is 1.86 bits per heavy atom. The predicted molar refractivity (Wildman–Crippen MR) is 135 cm³/mol. The number of ether oxygens (including phenoxy) is 1. The van der Waals surface area contributed by atoms with Gasteiger partial charge in [0.15, 0.2) is 11.6 Å². The van der Waals surface area contributed by atoms with Crippen molar-refractivity contribution < 1.29 is 24.2 Å². The number of rotatable bonds is 6. The van der Waals surface area contributed by atoms with Crippen LogP contribution in [-0.2, 0) is 19.1 Å². The Labute approximate surface area is 210 Å². The third kappa shape index (κ3) is 4.06. The van der Waals surface area contributed by atoms with E-state index in [-0.39, 0.29) is 58.1 Å². The first-order valence-corrected chi connectivity index (χ1v) is 13.6. The third-order valence-corrected chi connectivity index (χ3v) is 10.9. The van der Waals surface area contributed by atoms with Crippen molar-refractivity contribution in [2.75, 3.05) is 7.11 Å². The summed E-state index contributed by atoms with van der Waals surface area (Å²) < 4.78 is 4.87. The van der Waals surface area contributed by atoms with Crippen LogP contribution in [0.3, 0.4) is 0 Å². The monoisotopic (exact) mass is 484 g/mol. The van der Waals surface area contributed by atoms with Crippen LogP contribution in [0.15, 0.2) is 23.3 Å². The van der Waals surface area contributed by atoms with E-state index in [2.05, 4.69) is 27.4 Å². The molecule has 5 heteroatoms. The van der Waals surface area contributed by atoms with Crippen LogP contribution < -0.4 is 0 Å². The summed E-state index contributed by atoms with van der Waals surface area (Å²) in [5.74, 6) is 0.715. The summed E-state index contributed by atoms with van der Waals surface area (Å²) in [5, 5.41) is 10.5. The first kappa shape index (κ1) is 26.3. The van der Waals surface area contributed by atoms with Crippen LogP contribution in [0.25, 0.3) is 0 Å². The maximum absolute atomic E-state index is 13.9. The molecule has 0 bridgehead atoms. The first-order valence-electron chi connectivity index (χ1n) is 13.6. The van der Waals surface area contributed by atoms with Gasteiger partial charge >= 0.3 is 5.97 Å². The lowest BCUT2D eigenvalue weighted by molar-refractivity contribution is -0.143. The molecule has 4 rings (SSSR count). The molecule has 0 aromatic carbocycles. The van der Waals surface area contributed by atoms with Crippen molar-refractivity contribution in [3.63, 3.8) is 0 Å². The van der Waals surface area contributed by atoms with E-state index < -0.39 is 0 Å². The largest absolute Gasteiger partial charge is 0.469 e. The summed E-state index contributed by atoms with van der Waals surface area (Å²) in [7, 11) is 1.41. The van der Waals surface area contributed by atoms with Crippen molar-refractivity contribution in [2.24, 2.45) is 46.3 Å². The van der Waals surface area contributed by atoms with E-state index in [1.165, 1.54) is 7.11 Å². The van der Waals surface area contributed by atoms with E-state index in [0.29, 0.717) is 31.1 Å². The second-order valence-electron chi connectivity index (χ2n) is 12.7. The molecule has 0 radical (unpaired) electrons. The van der Waals surface area contributed by atoms with E-state index in [4.69, 9.17) is 4.74 Å². The molecule has 0 spiro atoms. The molecule has 2 fully saturated rings. The highest BCUT2D eigenvalue weighted by atomic mass is 16.5. The van der Waals surface area contributed by atoms with Gasteiger partial charge < -0.3 is 9.84 Å². The van der Waals surface area contributed by atoms with Gasteiger partial charge in [0.1, 0.15) is 0 Å². The number of carbonyl (C=O) groups is 3. The Kier molecular flexibility index (Phi) is 6.98. The minimum Gasteiger partial charge on any atom is -0.469 e. The maximum atomic E-state index is 13.9. The SMILES string of the molecule is C=C(CCC(C)C1CCC2C3=C(C(=O)CC21C)C1(C)CCC(O)C(C)C1CC3=O)C(C)C(=O)OC. The zero-order valence-corrected chi connectivity index (χ0v) is 22.5. The summed E-state index contributed by atoms with van der Waals surface area (Å²) in [6.45, 7) is 14.7. The maximum Gasteiger partial charge on any atom is 0.312 e. The van der Waals surface area contributed by atoms with Gasteiger partial charge in [-0.2, -0.15) is 0 Å². The van der Waals surface area contributed by atoms with Crippen molar-refractivity contribution in [3.8, 4) is 0 Å². The molecule has 0 aromatic rings. The summed E-state index contributed by atoms with van der Waals surface area (Å²) in [5.41, 5.74) is 2.07. The zero-order valence-electron chi connectivity index (χ0n) is 22.5. The molecule has 1 N–H and O–H groups in total. The van der Waals surface area contributed by atoms with Crippen LogP contribution in [-0.4, -0.2) is 35.9 Å². The van der Waals surface area contributed by atoms with Gasteiger partial charge in [-0.15, -0.1) is 0 Å². The van der Waals surface area contributed by atoms with Crippen molar-refractivity contribution >= 4 is 17.5 Å². The van der Waals surface area contributed by atoms with Crippen LogP contribution in [0.5, 0.6) is 0 Å². The molecular formula is C30H44O5. The molecule has 0 saturated heterocycles. The minimum atomic E-state index is -0.389. The lowest BCUT2D eigenvalue weighted by atomic mass is 9.48. The first-order chi connectivity index (χ1) is 16.4. The molecule has 0 amide bonds. The lowest BCUT2D eigenvalue weighted by Gasteiger charge is -2.55. The van der Waals surface area contributed by atoms with E-state index in [9.17, 15) is 19.5 Å². The molecule has 9 unspecified atom stereocenters. The van der Waals surface area contributed by atoms with Crippen molar-refractivity contribution in [3.05, 3.63) is 23.3 Å². The van der Waals surface area contributed by atoms with Crippen LogP contribution >= 0.6 is 0 Å². The Balaban J connectivity index is 1.58. The Morgan fingerprint density at radius 3 is 2.51 bits per heavy atom. The number of aliphatic hydroxyl groups excluding tert-OH is 1. The van der Waals surface area contributed by atoms with E-state index in [1.807, 2.05) is 13.8 Å². The number of hydrogen-bond acceptors (Lipinski definition) is 5. The molecule has 0 aromatic heterocycles. The van der Waals surface area contributed by atoms with E-state index >= 15 is 0 Å². The predicted octanol–water partition coefficient (Wildman–Crippen LogP) is 5.46. The van der Waals surface area contributed by atoms with E-state index in [0.717, 1.165) is 48.8 Å². The number of aliphatic hydroxyl groups is 1. The fourth-order valence-electron chi connectivity index (χ4n) is 8.60. The number of Topliss-reactive ketones (excluding diaryl/α,β-unsaturated/α-hetero) is 2. The molecule has 194 valence electrons. The van der Waals surface area contributed by atoms with Gasteiger partial charge in [0.05, 0.1) is 19.1 Å². The highest BCUT2D eigenvalue weighted by Gasteiger charge is 2.61. The molecule has 5 nitrogen and oxygen atoms in total. The molecule has 4 aliphatic carbocycles. The molecule has 2 saturated carbocycles. The molecule has 4 aliphatic rings. The van der Waals surface area contributed by atoms with Crippen LogP contribution in [0.4, 0.5) is 0 Å². The van der Waals surface area contributed by atoms with Crippen LogP contribution in [0.1, 0.15) is 86.0 Å². The normalized spacial score (nSPS) is 40.5. The fourth-order valence-corrected chi connectivity index (χ4v) is 8.60. The van der Waals surface area contributed by atoms with E-state index in [1.54, 1.807) is 0 Å². The molecule has 0 aliphatic heterocycles. The van der Waals surface area contributed by atoms with Crippen molar-refractivity contribution in [2.45, 2.75) is 92.1 Å². The summed E-state index contributed by atoms with van der Waals surface area (Å²) in [4.78, 5) is 39.4. The average Bonchev–Trinajstić information content (AvgIpc) is 3.16. The Bertz CT molecular complexity index is 962. The van der Waals surface area contributed by atoms with Crippen molar-refractivity contribution in [1.29, 1.82) is 0 Å². The highest BCUT2D eigenvalue weighted by Crippen LogP contribution is 2.65. The van der Waals surface area contributed by atoms with Crippen LogP contribution in [0.2, 0.25) is 0 Å². The van der Waals surface area contributed by atoms with Gasteiger partial charge in [0, 0.05) is 29.4 Å². The number of hydrogen-bond donors (Lipinski definition) is 1. The number of fused-ring (bicyclic) bond motifs is 4. The second-order valence-corrected chi connectivity index (χ2v) is 12.7. The van der Waals surface area contributed by atoms with Gasteiger partial charge in [0.25, 0.3) is 0 Å². The van der Waals surface area contributed by atoms with Gasteiger partial charge in [-0.05, 0) is 80.5 Å². The minimum absolute atomic E-state index is 0.0321. The molecule has 9 atom stereocenters. The fraction of sp³-hybridized carbons (Fsp3) is 0.767. The number of allylic oxidation sites excluding steroid dienone is 2. The van der Waals surface area contributed by atoms with Crippen LogP contribution in [0, 0.1) is 46.3 Å². The topological polar surface area (TPSA) is 80.7 Å². The number of ketones is 2. The zero-order chi connectivity index (χ0) is 25.9. The Hall–Kier alpha value is -1.75. The van der Waals surface area contributed by atoms with Gasteiger partial charge in [-0.25, -0.2) is 0 Å². The standard InChI is InChI=1S/C30H44O5/c1-16(18(3)28(34)35-7)8-9-17(2)20-10-11-21-26-24(32)14-22-19(4)23(31)12-13-29(22,5)27(26)25(33)15-30(20,21)6/h17-23,31H,1,8-15H2,2-7H3. The number of carbonyl (C=O) groups excluding carboxylic acids is 3.